The molecular formula is C29H30O31. The maximum atomic E-state index is 13.4. The Balaban J connectivity index is 3.40. The second-order valence-electron chi connectivity index (χ2n) is 10.6. The van der Waals surface area contributed by atoms with Gasteiger partial charge in [0, 0.05) is 24.3 Å². The molecule has 0 saturated carbocycles. The molecule has 0 aromatic rings. The van der Waals surface area contributed by atoms with Crippen molar-refractivity contribution < 1.29 is 151 Å². The Hall–Kier alpha value is -7.16. The van der Waals surface area contributed by atoms with E-state index in [2.05, 4.69) is 53.3 Å². The summed E-state index contributed by atoms with van der Waals surface area (Å²) < 4.78 is 23.1. The van der Waals surface area contributed by atoms with Crippen LogP contribution in [0.25, 0.3) is 0 Å². The molecule has 0 bridgehead atoms. The quantitative estimate of drug-likeness (QED) is 0.0165. The molecule has 31 heteroatoms. The first kappa shape index (κ1) is 50.9. The van der Waals surface area contributed by atoms with Crippen LogP contribution in [0.4, 0.5) is 0 Å². The Morgan fingerprint density at radius 3 is 1.60 bits per heavy atom. The molecule has 0 radical (unpaired) electrons. The van der Waals surface area contributed by atoms with E-state index >= 15 is 0 Å². The lowest BCUT2D eigenvalue weighted by Crippen LogP contribution is -2.76. The van der Waals surface area contributed by atoms with Crippen molar-refractivity contribution in [2.75, 3.05) is 6.61 Å². The van der Waals surface area contributed by atoms with Gasteiger partial charge in [-0.1, -0.05) is 0 Å². The van der Waals surface area contributed by atoms with Gasteiger partial charge in [-0.25, -0.2) is 67.7 Å². The molecule has 1 heterocycles. The third-order valence-corrected chi connectivity index (χ3v) is 6.16. The van der Waals surface area contributed by atoms with Crippen LogP contribution in [0.1, 0.15) is 26.7 Å². The van der Waals surface area contributed by atoms with E-state index in [0.717, 1.165) is 6.92 Å². The van der Waals surface area contributed by atoms with Gasteiger partial charge in [-0.3, -0.25) is 29.0 Å². The van der Waals surface area contributed by atoms with E-state index in [1.54, 1.807) is 0 Å². The normalized spacial score (nSPS) is 20.8. The largest absolute Gasteiger partial charge is 0.445 e. The summed E-state index contributed by atoms with van der Waals surface area (Å²) in [6, 6.07) is 0. The summed E-state index contributed by atoms with van der Waals surface area (Å²) in [6.45, 7) is -0.493. The zero-order valence-electron chi connectivity index (χ0n) is 29.9. The van der Waals surface area contributed by atoms with Crippen molar-refractivity contribution >= 4 is 72.6 Å². The van der Waals surface area contributed by atoms with E-state index in [0.29, 0.717) is 6.92 Å². The summed E-state index contributed by atoms with van der Waals surface area (Å²) in [6.07, 6.45) is -16.9. The molecule has 1 fully saturated rings. The molecule has 5 unspecified atom stereocenters. The van der Waals surface area contributed by atoms with Crippen LogP contribution in [0.2, 0.25) is 0 Å². The Labute approximate surface area is 329 Å². The third-order valence-electron chi connectivity index (χ3n) is 6.16. The number of hydrogen-bond acceptors (Lipinski definition) is 31. The Kier molecular flexibility index (Phi) is 20.3. The summed E-state index contributed by atoms with van der Waals surface area (Å²) in [4.78, 5) is 173. The predicted molar refractivity (Wildman–Crippen MR) is 162 cm³/mol. The zero-order chi connectivity index (χ0) is 45.8. The van der Waals surface area contributed by atoms with Gasteiger partial charge >= 0.3 is 84.7 Å². The van der Waals surface area contributed by atoms with Gasteiger partial charge in [0.05, 0.1) is 19.4 Å². The van der Waals surface area contributed by atoms with Crippen molar-refractivity contribution in [3.63, 3.8) is 0 Å². The molecule has 0 amide bonds. The Morgan fingerprint density at radius 2 is 1.12 bits per heavy atom. The van der Waals surface area contributed by atoms with Crippen LogP contribution in [0.5, 0.6) is 0 Å². The molecule has 1 rings (SSSR count). The zero-order valence-corrected chi connectivity index (χ0v) is 29.9. The highest BCUT2D eigenvalue weighted by Crippen LogP contribution is 2.39. The number of rotatable bonds is 20. The maximum Gasteiger partial charge on any atom is 0.445 e. The number of carbonyl (C=O) groups excluding carboxylic acids is 12. The first-order chi connectivity index (χ1) is 28.0. The first-order valence-corrected chi connectivity index (χ1v) is 15.5. The van der Waals surface area contributed by atoms with Gasteiger partial charge in [0.15, 0.2) is 0 Å². The topological polar surface area (TPSA) is 446 Å². The standard InChI is InChI=1S/C29H30O31/c1-12(32)23(43)52-26(25(45)59-57-19(39)7-5-17(37)55-49-10-30)51-15(35)3-4-16(36)53-29(54-24(44)13(2)33,28(47)22(42)21(41)14(34)9-48-28)27(46)60-58-20(40)8-6-18(38)56-50-11-31/h5-8,10-14,21-22,26,32-34,41-42,47H,3-4,9H2,1-2H3/b7-5+,8-6+/t12?,13?,14-,21+,22-,26?,28?,29?/m1/s1. The predicted octanol–water partition coefficient (Wildman–Crippen LogP) is -7.10. The lowest BCUT2D eigenvalue weighted by atomic mass is 9.89. The van der Waals surface area contributed by atoms with E-state index in [-0.39, 0.29) is 37.2 Å². The fraction of sp³-hybridized carbons (Fsp3) is 0.448. The van der Waals surface area contributed by atoms with Crippen LogP contribution in [0.15, 0.2) is 24.3 Å². The molecule has 60 heavy (non-hydrogen) atoms. The highest BCUT2D eigenvalue weighted by Gasteiger charge is 2.73. The van der Waals surface area contributed by atoms with E-state index in [4.69, 9.17) is 9.47 Å². The molecule has 1 saturated heterocycles. The van der Waals surface area contributed by atoms with Crippen molar-refractivity contribution in [3.8, 4) is 0 Å². The summed E-state index contributed by atoms with van der Waals surface area (Å²) in [5.41, 5.74) is 0. The van der Waals surface area contributed by atoms with Gasteiger partial charge < -0.3 is 54.3 Å². The fourth-order valence-corrected chi connectivity index (χ4v) is 3.44. The van der Waals surface area contributed by atoms with Crippen molar-refractivity contribution in [2.24, 2.45) is 0 Å². The number of esters is 4. The molecule has 1 aliphatic rings. The number of carbonyl (C=O) groups is 12. The summed E-state index contributed by atoms with van der Waals surface area (Å²) >= 11 is 0. The molecule has 0 spiro atoms. The molecule has 31 nitrogen and oxygen atoms in total. The average Bonchev–Trinajstić information content (AvgIpc) is 3.20. The monoisotopic (exact) mass is 874 g/mol. The van der Waals surface area contributed by atoms with Crippen molar-refractivity contribution in [1.82, 2.24) is 0 Å². The van der Waals surface area contributed by atoms with Gasteiger partial charge in [-0.15, -0.1) is 0 Å². The summed E-state index contributed by atoms with van der Waals surface area (Å²) in [7, 11) is 0. The number of aliphatic hydroxyl groups excluding tert-OH is 5. The molecule has 0 aromatic heterocycles. The van der Waals surface area contributed by atoms with Crippen LogP contribution >= 0.6 is 0 Å². The summed E-state index contributed by atoms with van der Waals surface area (Å²) in [5.74, 6) is -27.2. The van der Waals surface area contributed by atoms with Gasteiger partial charge in [-0.2, -0.15) is 0 Å². The Morgan fingerprint density at radius 1 is 0.650 bits per heavy atom. The molecule has 0 aromatic carbocycles. The van der Waals surface area contributed by atoms with E-state index in [9.17, 15) is 88.2 Å². The second kappa shape index (κ2) is 23.9. The lowest BCUT2D eigenvalue weighted by molar-refractivity contribution is -0.423. The minimum Gasteiger partial charge on any atom is -0.414 e. The van der Waals surface area contributed by atoms with Crippen LogP contribution < -0.4 is 0 Å². The van der Waals surface area contributed by atoms with Gasteiger partial charge in [0.1, 0.15) is 30.5 Å². The van der Waals surface area contributed by atoms with Gasteiger partial charge in [-0.05, 0) is 13.8 Å². The number of ether oxygens (including phenoxy) is 5. The number of aliphatic hydroxyl groups is 6. The van der Waals surface area contributed by atoms with Crippen LogP contribution in [-0.4, -0.2) is 158 Å². The minimum absolute atomic E-state index is 0.127. The van der Waals surface area contributed by atoms with Crippen LogP contribution in [0, 0.1) is 0 Å². The smallest absolute Gasteiger partial charge is 0.414 e. The molecule has 332 valence electrons. The maximum absolute atomic E-state index is 13.4. The van der Waals surface area contributed by atoms with Crippen molar-refractivity contribution in [1.29, 1.82) is 0 Å². The molecule has 1 aliphatic heterocycles. The number of hydrogen-bond donors (Lipinski definition) is 6. The lowest BCUT2D eigenvalue weighted by Gasteiger charge is -2.47. The van der Waals surface area contributed by atoms with E-state index < -0.39 is 128 Å². The Bertz CT molecular complexity index is 1700. The molecule has 0 aliphatic carbocycles. The summed E-state index contributed by atoms with van der Waals surface area (Å²) in [5, 5.41) is 61.3. The fourth-order valence-electron chi connectivity index (χ4n) is 3.44. The molecular weight excluding hydrogens is 844 g/mol. The highest BCUT2D eigenvalue weighted by molar-refractivity contribution is 5.93. The molecule has 6 N–H and O–H groups in total. The SMILES string of the molecule is CC(O)C(=O)OC(OC(=O)CCC(=O)OC(OC(=O)C(C)O)(C(=O)OOC(=O)/C=C/C(=O)OOC=O)C1(O)OC[C@@H](O)[C@H](O)[C@H]1O)C(=O)OOC(=O)/C=C/C(=O)OOC=O. The average molecular weight is 875 g/mol. The van der Waals surface area contributed by atoms with Crippen molar-refractivity contribution in [2.45, 2.75) is 75.1 Å². The van der Waals surface area contributed by atoms with E-state index in [1.807, 2.05) is 0 Å². The minimum atomic E-state index is -4.39. The first-order valence-electron chi connectivity index (χ1n) is 15.5. The van der Waals surface area contributed by atoms with Gasteiger partial charge in [0.25, 0.3) is 5.79 Å². The van der Waals surface area contributed by atoms with Crippen molar-refractivity contribution in [3.05, 3.63) is 24.3 Å². The molecule has 8 atom stereocenters. The van der Waals surface area contributed by atoms with E-state index in [1.165, 1.54) is 0 Å². The van der Waals surface area contributed by atoms with Crippen LogP contribution in [0.3, 0.4) is 0 Å². The third kappa shape index (κ3) is 15.3. The highest BCUT2D eigenvalue weighted by atomic mass is 17.2. The van der Waals surface area contributed by atoms with Crippen LogP contribution in [-0.2, 0) is 120 Å². The van der Waals surface area contributed by atoms with Gasteiger partial charge in [0.2, 0.25) is 0 Å². The second-order valence-corrected chi connectivity index (χ2v) is 10.6.